The molecule has 0 aliphatic carbocycles. The molecule has 26 heavy (non-hydrogen) atoms. The minimum absolute atomic E-state index is 0.150. The zero-order valence-electron chi connectivity index (χ0n) is 15.9. The van der Waals surface area contributed by atoms with Crippen molar-refractivity contribution in [3.05, 3.63) is 53.6 Å². The van der Waals surface area contributed by atoms with Gasteiger partial charge in [0.25, 0.3) is 5.91 Å². The van der Waals surface area contributed by atoms with Crippen LogP contribution in [0.4, 0.5) is 0 Å². The molecule has 2 aromatic rings. The van der Waals surface area contributed by atoms with Crippen LogP contribution in [0.15, 0.2) is 42.5 Å². The molecule has 0 aromatic heterocycles. The first kappa shape index (κ1) is 19.6. The summed E-state index contributed by atoms with van der Waals surface area (Å²) in [6.07, 6.45) is 2.11. The van der Waals surface area contributed by atoms with Crippen LogP contribution in [0, 0.1) is 0 Å². The first-order valence-corrected chi connectivity index (χ1v) is 8.84. The Morgan fingerprint density at radius 3 is 2.35 bits per heavy atom. The second kappa shape index (κ2) is 9.70. The molecule has 2 rings (SSSR count). The van der Waals surface area contributed by atoms with Gasteiger partial charge >= 0.3 is 0 Å². The summed E-state index contributed by atoms with van der Waals surface area (Å²) in [5.41, 5.74) is 1.45. The Balaban J connectivity index is 2.04. The highest BCUT2D eigenvalue weighted by atomic mass is 16.5. The number of hydrogen-bond acceptors (Lipinski definition) is 4. The van der Waals surface area contributed by atoms with Crippen LogP contribution in [-0.2, 0) is 0 Å². The Morgan fingerprint density at radius 2 is 1.73 bits per heavy atom. The van der Waals surface area contributed by atoms with Crippen LogP contribution in [0.3, 0.4) is 0 Å². The van der Waals surface area contributed by atoms with Gasteiger partial charge in [0.2, 0.25) is 0 Å². The molecule has 1 N–H and O–H groups in total. The molecule has 1 atom stereocenters. The van der Waals surface area contributed by atoms with Gasteiger partial charge in [0.05, 0.1) is 26.9 Å². The molecule has 0 saturated carbocycles. The highest BCUT2D eigenvalue weighted by Crippen LogP contribution is 2.29. The van der Waals surface area contributed by atoms with Crippen molar-refractivity contribution in [3.8, 4) is 17.2 Å². The highest BCUT2D eigenvalue weighted by Gasteiger charge is 2.16. The van der Waals surface area contributed by atoms with E-state index in [1.807, 2.05) is 37.3 Å². The molecular weight excluding hydrogens is 330 g/mol. The van der Waals surface area contributed by atoms with Gasteiger partial charge < -0.3 is 19.5 Å². The maximum atomic E-state index is 12.5. The fraction of sp³-hybridized carbons (Fsp3) is 0.381. The monoisotopic (exact) mass is 357 g/mol. The van der Waals surface area contributed by atoms with Crippen LogP contribution in [0.25, 0.3) is 0 Å². The fourth-order valence-corrected chi connectivity index (χ4v) is 2.57. The maximum Gasteiger partial charge on any atom is 0.251 e. The summed E-state index contributed by atoms with van der Waals surface area (Å²) in [6, 6.07) is 12.5. The lowest BCUT2D eigenvalue weighted by Gasteiger charge is -2.18. The molecule has 0 saturated heterocycles. The van der Waals surface area contributed by atoms with Crippen molar-refractivity contribution < 1.29 is 19.0 Å². The van der Waals surface area contributed by atoms with Gasteiger partial charge in [-0.1, -0.05) is 13.3 Å². The third-order valence-electron chi connectivity index (χ3n) is 4.13. The van der Waals surface area contributed by atoms with Crippen LogP contribution < -0.4 is 19.5 Å². The van der Waals surface area contributed by atoms with Crippen LogP contribution in [0.5, 0.6) is 17.2 Å². The van der Waals surface area contributed by atoms with Crippen LogP contribution in [0.2, 0.25) is 0 Å². The van der Waals surface area contributed by atoms with Gasteiger partial charge in [-0.05, 0) is 55.8 Å². The number of hydrogen-bond donors (Lipinski definition) is 1. The Hall–Kier alpha value is -2.69. The van der Waals surface area contributed by atoms with E-state index in [1.165, 1.54) is 0 Å². The lowest BCUT2D eigenvalue weighted by Crippen LogP contribution is -2.26. The molecule has 0 radical (unpaired) electrons. The van der Waals surface area contributed by atoms with Gasteiger partial charge in [-0.2, -0.15) is 0 Å². The number of benzene rings is 2. The van der Waals surface area contributed by atoms with E-state index in [9.17, 15) is 4.79 Å². The van der Waals surface area contributed by atoms with Crippen LogP contribution in [-0.4, -0.2) is 26.7 Å². The molecule has 0 aliphatic heterocycles. The Kier molecular flexibility index (Phi) is 7.33. The number of rotatable bonds is 9. The number of unbranched alkanes of at least 4 members (excludes halogenated alkanes) is 1. The summed E-state index contributed by atoms with van der Waals surface area (Å²) >= 11 is 0. The quantitative estimate of drug-likeness (QED) is 0.677. The Morgan fingerprint density at radius 1 is 1.04 bits per heavy atom. The van der Waals surface area contributed by atoms with Crippen molar-refractivity contribution in [2.75, 3.05) is 20.8 Å². The third-order valence-corrected chi connectivity index (χ3v) is 4.13. The predicted octanol–water partition coefficient (Wildman–Crippen LogP) is 4.37. The van der Waals surface area contributed by atoms with Gasteiger partial charge in [-0.25, -0.2) is 0 Å². The third kappa shape index (κ3) is 5.15. The van der Waals surface area contributed by atoms with Crippen LogP contribution in [0.1, 0.15) is 48.7 Å². The topological polar surface area (TPSA) is 56.8 Å². The lowest BCUT2D eigenvalue weighted by atomic mass is 10.1. The number of carbonyl (C=O) groups excluding carboxylic acids is 1. The van der Waals surface area contributed by atoms with E-state index in [1.54, 1.807) is 26.4 Å². The molecule has 0 fully saturated rings. The summed E-state index contributed by atoms with van der Waals surface area (Å²) < 4.78 is 16.3. The van der Waals surface area contributed by atoms with E-state index >= 15 is 0 Å². The molecule has 0 unspecified atom stereocenters. The maximum absolute atomic E-state index is 12.5. The Labute approximate surface area is 155 Å². The summed E-state index contributed by atoms with van der Waals surface area (Å²) in [5.74, 6) is 2.05. The van der Waals surface area contributed by atoms with E-state index in [0.717, 1.165) is 29.9 Å². The number of ether oxygens (including phenoxy) is 3. The molecule has 0 spiro atoms. The number of amides is 1. The normalized spacial score (nSPS) is 11.5. The van der Waals surface area contributed by atoms with Gasteiger partial charge in [-0.15, -0.1) is 0 Å². The SMILES string of the molecule is CCCCOc1ccc(C(=O)N[C@H](C)c2cc(OC)ccc2OC)cc1. The fourth-order valence-electron chi connectivity index (χ4n) is 2.57. The molecule has 140 valence electrons. The van der Waals surface area contributed by atoms with Crippen molar-refractivity contribution in [3.63, 3.8) is 0 Å². The first-order valence-electron chi connectivity index (χ1n) is 8.84. The molecule has 5 heteroatoms. The van der Waals surface area contributed by atoms with Crippen molar-refractivity contribution in [1.82, 2.24) is 5.32 Å². The van der Waals surface area contributed by atoms with Gasteiger partial charge in [0.1, 0.15) is 17.2 Å². The average Bonchev–Trinajstić information content (AvgIpc) is 2.68. The van der Waals surface area contributed by atoms with E-state index in [2.05, 4.69) is 12.2 Å². The predicted molar refractivity (Wildman–Crippen MR) is 102 cm³/mol. The molecule has 0 aliphatic rings. The smallest absolute Gasteiger partial charge is 0.251 e. The van der Waals surface area contributed by atoms with Gasteiger partial charge in [0, 0.05) is 11.1 Å². The van der Waals surface area contributed by atoms with E-state index in [-0.39, 0.29) is 11.9 Å². The standard InChI is InChI=1S/C21H27NO4/c1-5-6-13-26-17-9-7-16(8-10-17)21(23)22-15(2)19-14-18(24-3)11-12-20(19)25-4/h7-12,14-15H,5-6,13H2,1-4H3,(H,22,23)/t15-/m1/s1. The number of carbonyl (C=O) groups is 1. The van der Waals surface area contributed by atoms with Crippen molar-refractivity contribution in [2.45, 2.75) is 32.7 Å². The highest BCUT2D eigenvalue weighted by molar-refractivity contribution is 5.94. The number of methoxy groups -OCH3 is 2. The van der Waals surface area contributed by atoms with Crippen molar-refractivity contribution in [1.29, 1.82) is 0 Å². The molecule has 5 nitrogen and oxygen atoms in total. The zero-order chi connectivity index (χ0) is 18.9. The average molecular weight is 357 g/mol. The zero-order valence-corrected chi connectivity index (χ0v) is 15.9. The van der Waals surface area contributed by atoms with Crippen molar-refractivity contribution >= 4 is 5.91 Å². The largest absolute Gasteiger partial charge is 0.497 e. The van der Waals surface area contributed by atoms with Gasteiger partial charge in [-0.3, -0.25) is 4.79 Å². The summed E-state index contributed by atoms with van der Waals surface area (Å²) in [5, 5.41) is 2.99. The van der Waals surface area contributed by atoms with Crippen molar-refractivity contribution in [2.24, 2.45) is 0 Å². The molecular formula is C21H27NO4. The van der Waals surface area contributed by atoms with E-state index in [0.29, 0.717) is 17.9 Å². The van der Waals surface area contributed by atoms with Crippen LogP contribution >= 0.6 is 0 Å². The molecule has 2 aromatic carbocycles. The van der Waals surface area contributed by atoms with E-state index < -0.39 is 0 Å². The minimum atomic E-state index is -0.229. The lowest BCUT2D eigenvalue weighted by molar-refractivity contribution is 0.0939. The summed E-state index contributed by atoms with van der Waals surface area (Å²) in [6.45, 7) is 4.72. The second-order valence-electron chi connectivity index (χ2n) is 6.03. The van der Waals surface area contributed by atoms with E-state index in [4.69, 9.17) is 14.2 Å². The minimum Gasteiger partial charge on any atom is -0.497 e. The first-order chi connectivity index (χ1) is 12.6. The molecule has 0 heterocycles. The summed E-state index contributed by atoms with van der Waals surface area (Å²) in [4.78, 5) is 12.5. The summed E-state index contributed by atoms with van der Waals surface area (Å²) in [7, 11) is 3.22. The Bertz CT molecular complexity index is 712. The second-order valence-corrected chi connectivity index (χ2v) is 6.03. The molecule has 1 amide bonds. The number of nitrogens with one attached hydrogen (secondary N) is 1. The van der Waals surface area contributed by atoms with Gasteiger partial charge in [0.15, 0.2) is 0 Å². The molecule has 0 bridgehead atoms.